The molecular formula is C55H94O14. The number of aliphatic hydroxyl groups excluding tert-OH is 7. The highest BCUT2D eigenvalue weighted by molar-refractivity contribution is 5.69. The average Bonchev–Trinajstić information content (AvgIpc) is 3.35. The lowest BCUT2D eigenvalue weighted by Crippen LogP contribution is -2.61. The van der Waals surface area contributed by atoms with E-state index in [0.717, 1.165) is 96.3 Å². The van der Waals surface area contributed by atoms with Crippen LogP contribution in [0.1, 0.15) is 168 Å². The minimum Gasteiger partial charge on any atom is -0.457 e. The topological polar surface area (TPSA) is 214 Å². The van der Waals surface area contributed by atoms with Crippen molar-refractivity contribution in [2.45, 2.75) is 235 Å². The summed E-state index contributed by atoms with van der Waals surface area (Å²) in [5, 5.41) is 72.1. The van der Waals surface area contributed by atoms with Crippen LogP contribution in [-0.4, -0.2) is 142 Å². The molecule has 398 valence electrons. The van der Waals surface area contributed by atoms with E-state index in [2.05, 4.69) is 86.8 Å². The summed E-state index contributed by atoms with van der Waals surface area (Å²) in [6, 6.07) is 0. The second-order valence-electron chi connectivity index (χ2n) is 18.3. The highest BCUT2D eigenvalue weighted by Crippen LogP contribution is 2.26. The molecule has 2 heterocycles. The Morgan fingerprint density at radius 2 is 0.942 bits per heavy atom. The van der Waals surface area contributed by atoms with Crippen molar-refractivity contribution in [2.24, 2.45) is 0 Å². The van der Waals surface area contributed by atoms with Gasteiger partial charge in [0, 0.05) is 13.0 Å². The van der Waals surface area contributed by atoms with Gasteiger partial charge in [0.2, 0.25) is 0 Å². The van der Waals surface area contributed by atoms with Gasteiger partial charge >= 0.3 is 5.97 Å². The van der Waals surface area contributed by atoms with Gasteiger partial charge in [-0.25, -0.2) is 0 Å². The van der Waals surface area contributed by atoms with E-state index in [-0.39, 0.29) is 19.6 Å². The van der Waals surface area contributed by atoms with Crippen molar-refractivity contribution in [1.29, 1.82) is 0 Å². The third-order valence-electron chi connectivity index (χ3n) is 12.2. The fourth-order valence-electron chi connectivity index (χ4n) is 7.88. The number of allylic oxidation sites excluding steroid dienone is 12. The average molecular weight is 979 g/mol. The Hall–Kier alpha value is -2.57. The Morgan fingerprint density at radius 3 is 1.49 bits per heavy atom. The zero-order valence-electron chi connectivity index (χ0n) is 42.3. The largest absolute Gasteiger partial charge is 0.457 e. The van der Waals surface area contributed by atoms with Crippen LogP contribution in [0.4, 0.5) is 0 Å². The molecule has 0 aromatic rings. The summed E-state index contributed by atoms with van der Waals surface area (Å²) < 4.78 is 34.2. The number of carbonyl (C=O) groups excluding carboxylic acids is 1. The summed E-state index contributed by atoms with van der Waals surface area (Å²) in [4.78, 5) is 13.0. The fourth-order valence-corrected chi connectivity index (χ4v) is 7.88. The summed E-state index contributed by atoms with van der Waals surface area (Å²) in [6.07, 6.45) is 35.4. The molecule has 0 spiro atoms. The third kappa shape index (κ3) is 29.5. The van der Waals surface area contributed by atoms with E-state index in [1.165, 1.54) is 44.9 Å². The number of aliphatic hydroxyl groups is 7. The van der Waals surface area contributed by atoms with Crippen molar-refractivity contribution in [3.05, 3.63) is 72.9 Å². The first-order chi connectivity index (χ1) is 33.6. The number of ether oxygens (including phenoxy) is 6. The minimum atomic E-state index is -1.71. The first-order valence-electron chi connectivity index (χ1n) is 26.5. The van der Waals surface area contributed by atoms with Crippen molar-refractivity contribution in [3.63, 3.8) is 0 Å². The minimum absolute atomic E-state index is 0.0487. The second kappa shape index (κ2) is 42.0. The first-order valence-corrected chi connectivity index (χ1v) is 26.5. The van der Waals surface area contributed by atoms with Gasteiger partial charge in [-0.1, -0.05) is 157 Å². The fraction of sp³-hybridized carbons (Fsp3) is 0.764. The Kier molecular flexibility index (Phi) is 38.1. The molecule has 0 radical (unpaired) electrons. The van der Waals surface area contributed by atoms with Gasteiger partial charge in [-0.15, -0.1) is 0 Å². The second-order valence-corrected chi connectivity index (χ2v) is 18.3. The van der Waals surface area contributed by atoms with E-state index >= 15 is 0 Å². The SMILES string of the molecule is CC/C=C\C/C=C\C/C=C\C/C=C\C/C=C\CCCCCCCCCCOCC(COC1OC(COC2OC(CO)C(O)C(O)C2O)C(O)C(O)C1O)OC(=O)CCCCCCC/C=C\CCCC. The van der Waals surface area contributed by atoms with E-state index in [0.29, 0.717) is 13.0 Å². The monoisotopic (exact) mass is 979 g/mol. The Morgan fingerprint density at radius 1 is 0.493 bits per heavy atom. The Balaban J connectivity index is 1.72. The number of hydrogen-bond acceptors (Lipinski definition) is 14. The lowest BCUT2D eigenvalue weighted by atomic mass is 9.98. The molecule has 0 aliphatic carbocycles. The van der Waals surface area contributed by atoms with E-state index in [4.69, 9.17) is 28.4 Å². The van der Waals surface area contributed by atoms with Gasteiger partial charge < -0.3 is 64.2 Å². The summed E-state index contributed by atoms with van der Waals surface area (Å²) in [5.41, 5.74) is 0. The van der Waals surface area contributed by atoms with Gasteiger partial charge in [-0.3, -0.25) is 4.79 Å². The molecule has 0 bridgehead atoms. The maximum absolute atomic E-state index is 13.0. The van der Waals surface area contributed by atoms with Crippen LogP contribution >= 0.6 is 0 Å². The summed E-state index contributed by atoms with van der Waals surface area (Å²) in [6.45, 7) is 3.48. The number of esters is 1. The standard InChI is InChI=1S/C55H94O14/c1-3-5-7-9-11-13-15-16-17-18-19-20-21-22-23-24-25-26-27-29-31-33-35-37-39-64-41-44(67-47(57)38-36-34-32-30-28-14-12-10-8-6-4-2)42-65-54-53(63)51(61)49(59)46(69-54)43-66-55-52(62)50(60)48(58)45(40-56)68-55/h5,7,10-13,16-17,19-20,22-23,44-46,48-56,58-63H,3-4,6,8-9,14-15,18,21,24-43H2,1-2H3/b7-5-,12-10-,13-11-,17-16-,20-19-,23-22-. The quantitative estimate of drug-likeness (QED) is 0.0175. The molecule has 2 fully saturated rings. The molecule has 2 aliphatic heterocycles. The predicted octanol–water partition coefficient (Wildman–Crippen LogP) is 8.29. The summed E-state index contributed by atoms with van der Waals surface area (Å²) in [7, 11) is 0. The maximum atomic E-state index is 13.0. The summed E-state index contributed by atoms with van der Waals surface area (Å²) in [5.74, 6) is -0.393. The van der Waals surface area contributed by atoms with Crippen molar-refractivity contribution in [2.75, 3.05) is 33.0 Å². The van der Waals surface area contributed by atoms with Crippen LogP contribution in [0.3, 0.4) is 0 Å². The number of unbranched alkanes of at least 4 members (excludes halogenated alkanes) is 15. The molecule has 11 unspecified atom stereocenters. The van der Waals surface area contributed by atoms with Gasteiger partial charge in [0.1, 0.15) is 54.9 Å². The summed E-state index contributed by atoms with van der Waals surface area (Å²) >= 11 is 0. The van der Waals surface area contributed by atoms with Crippen LogP contribution in [0.5, 0.6) is 0 Å². The molecule has 69 heavy (non-hydrogen) atoms. The zero-order chi connectivity index (χ0) is 50.2. The Labute approximate surface area is 415 Å². The lowest BCUT2D eigenvalue weighted by molar-refractivity contribution is -0.332. The van der Waals surface area contributed by atoms with E-state index < -0.39 is 86.7 Å². The van der Waals surface area contributed by atoms with Crippen LogP contribution < -0.4 is 0 Å². The van der Waals surface area contributed by atoms with E-state index in [1.54, 1.807) is 0 Å². The van der Waals surface area contributed by atoms with E-state index in [1.807, 2.05) is 0 Å². The first kappa shape index (κ1) is 62.5. The molecular weight excluding hydrogens is 885 g/mol. The molecule has 2 aliphatic rings. The van der Waals surface area contributed by atoms with Gasteiger partial charge in [-0.2, -0.15) is 0 Å². The smallest absolute Gasteiger partial charge is 0.306 e. The van der Waals surface area contributed by atoms with Crippen molar-refractivity contribution in [3.8, 4) is 0 Å². The molecule has 0 amide bonds. The van der Waals surface area contributed by atoms with E-state index in [9.17, 15) is 40.5 Å². The van der Waals surface area contributed by atoms with Crippen LogP contribution in [0.15, 0.2) is 72.9 Å². The zero-order valence-corrected chi connectivity index (χ0v) is 42.3. The van der Waals surface area contributed by atoms with Crippen LogP contribution in [0.2, 0.25) is 0 Å². The number of rotatable bonds is 41. The Bertz CT molecular complexity index is 1410. The van der Waals surface area contributed by atoms with Gasteiger partial charge in [0.15, 0.2) is 12.6 Å². The number of hydrogen-bond donors (Lipinski definition) is 7. The van der Waals surface area contributed by atoms with Gasteiger partial charge in [-0.05, 0) is 77.0 Å². The lowest BCUT2D eigenvalue weighted by Gasteiger charge is -2.42. The third-order valence-corrected chi connectivity index (χ3v) is 12.2. The maximum Gasteiger partial charge on any atom is 0.306 e. The van der Waals surface area contributed by atoms with Crippen LogP contribution in [-0.2, 0) is 33.2 Å². The molecule has 0 aromatic carbocycles. The van der Waals surface area contributed by atoms with Gasteiger partial charge in [0.05, 0.1) is 26.4 Å². The van der Waals surface area contributed by atoms with Crippen LogP contribution in [0.25, 0.3) is 0 Å². The molecule has 14 nitrogen and oxygen atoms in total. The molecule has 0 saturated carbocycles. The molecule has 0 aromatic heterocycles. The van der Waals surface area contributed by atoms with Crippen molar-refractivity contribution < 1.29 is 69.0 Å². The van der Waals surface area contributed by atoms with Crippen LogP contribution in [0, 0.1) is 0 Å². The number of carbonyl (C=O) groups is 1. The highest BCUT2D eigenvalue weighted by atomic mass is 16.7. The molecule has 7 N–H and O–H groups in total. The highest BCUT2D eigenvalue weighted by Gasteiger charge is 2.47. The molecule has 2 saturated heterocycles. The molecule has 2 rings (SSSR count). The van der Waals surface area contributed by atoms with Gasteiger partial charge in [0.25, 0.3) is 0 Å². The molecule has 14 heteroatoms. The van der Waals surface area contributed by atoms with Crippen molar-refractivity contribution >= 4 is 5.97 Å². The normalized spacial score (nSPS) is 26.3. The van der Waals surface area contributed by atoms with Crippen molar-refractivity contribution in [1.82, 2.24) is 0 Å². The predicted molar refractivity (Wildman–Crippen MR) is 270 cm³/mol. The molecule has 11 atom stereocenters.